The van der Waals surface area contributed by atoms with Crippen molar-refractivity contribution in [3.8, 4) is 17.2 Å². The van der Waals surface area contributed by atoms with Crippen LogP contribution in [0, 0.1) is 17.1 Å². The minimum Gasteiger partial charge on any atom is -0.444 e. The monoisotopic (exact) mass is 556 g/mol. The molecule has 1 amide bonds. The molecule has 3 heterocycles. The zero-order chi connectivity index (χ0) is 26.5. The Morgan fingerprint density at radius 2 is 2.11 bits per heavy atom. The summed E-state index contributed by atoms with van der Waals surface area (Å²) in [5.74, 6) is 0.294. The van der Waals surface area contributed by atoms with Gasteiger partial charge in [-0.2, -0.15) is 5.26 Å². The zero-order valence-corrected chi connectivity index (χ0v) is 22.9. The summed E-state index contributed by atoms with van der Waals surface area (Å²) in [6.07, 6.45) is 1.03. The fourth-order valence-corrected chi connectivity index (χ4v) is 6.32. The van der Waals surface area contributed by atoms with Gasteiger partial charge in [0.2, 0.25) is 0 Å². The number of carbonyl (C=O) groups is 1. The molecule has 4 aromatic rings. The van der Waals surface area contributed by atoms with E-state index in [0.717, 1.165) is 33.6 Å². The lowest BCUT2D eigenvalue weighted by Crippen LogP contribution is -2.27. The van der Waals surface area contributed by atoms with Crippen LogP contribution in [0.5, 0.6) is 0 Å². The summed E-state index contributed by atoms with van der Waals surface area (Å²) in [5.41, 5.74) is 2.94. The van der Waals surface area contributed by atoms with Gasteiger partial charge in [0, 0.05) is 22.5 Å². The van der Waals surface area contributed by atoms with Crippen LogP contribution in [0.3, 0.4) is 0 Å². The van der Waals surface area contributed by atoms with Gasteiger partial charge in [-0.15, -0.1) is 11.3 Å². The van der Waals surface area contributed by atoms with E-state index in [1.54, 1.807) is 33.0 Å². The van der Waals surface area contributed by atoms with Gasteiger partial charge in [-0.3, -0.25) is 5.32 Å². The lowest BCUT2D eigenvalue weighted by molar-refractivity contribution is 0.0636. The Balaban J connectivity index is 1.77. The van der Waals surface area contributed by atoms with Crippen LogP contribution in [0.15, 0.2) is 23.5 Å². The summed E-state index contributed by atoms with van der Waals surface area (Å²) in [4.78, 5) is 21.6. The normalized spacial score (nSPS) is 13.1. The van der Waals surface area contributed by atoms with E-state index in [2.05, 4.69) is 16.4 Å². The Morgan fingerprint density at radius 1 is 1.35 bits per heavy atom. The van der Waals surface area contributed by atoms with Crippen molar-refractivity contribution < 1.29 is 18.7 Å². The maximum Gasteiger partial charge on any atom is 0.412 e. The molecule has 190 valence electrons. The highest BCUT2D eigenvalue weighted by molar-refractivity contribution is 7.99. The second-order valence-electron chi connectivity index (χ2n) is 9.33. The lowest BCUT2D eigenvalue weighted by atomic mass is 9.91. The Kier molecular flexibility index (Phi) is 6.75. The number of anilines is 1. The first-order valence-electron chi connectivity index (χ1n) is 11.5. The van der Waals surface area contributed by atoms with Crippen LogP contribution in [0.1, 0.15) is 44.4 Å². The molecule has 0 unspecified atom stereocenters. The average molecular weight is 557 g/mol. The summed E-state index contributed by atoms with van der Waals surface area (Å²) < 4.78 is 26.4. The van der Waals surface area contributed by atoms with E-state index in [1.807, 2.05) is 6.92 Å². The number of fused-ring (bicyclic) bond motifs is 4. The van der Waals surface area contributed by atoms with Crippen LogP contribution in [0.25, 0.3) is 32.1 Å². The first-order chi connectivity index (χ1) is 17.6. The minimum absolute atomic E-state index is 0.133. The minimum atomic E-state index is -0.736. The zero-order valence-electron chi connectivity index (χ0n) is 20.5. The maximum absolute atomic E-state index is 15.1. The van der Waals surface area contributed by atoms with E-state index in [-0.39, 0.29) is 15.3 Å². The number of carbonyl (C=O) groups excluding carboxylic acids is 1. The third-order valence-corrected chi connectivity index (χ3v) is 7.96. The molecule has 0 atom stereocenters. The van der Waals surface area contributed by atoms with Crippen LogP contribution in [-0.2, 0) is 22.7 Å². The van der Waals surface area contributed by atoms with Crippen LogP contribution in [0.2, 0.25) is 5.02 Å². The number of hydrogen-bond acceptors (Lipinski definition) is 8. The van der Waals surface area contributed by atoms with Crippen molar-refractivity contribution in [2.75, 3.05) is 11.1 Å². The fraction of sp³-hybridized carbons (Fsp3) is 0.308. The third kappa shape index (κ3) is 4.61. The van der Waals surface area contributed by atoms with Gasteiger partial charge in [-0.1, -0.05) is 36.4 Å². The number of nitrogens with zero attached hydrogens (tertiary/aromatic N) is 3. The molecule has 0 saturated carbocycles. The molecule has 0 bridgehead atoms. The Hall–Kier alpha value is -2.97. The number of aromatic nitrogens is 2. The Labute approximate surface area is 225 Å². The number of thiophene rings is 1. The molecule has 0 aliphatic carbocycles. The first-order valence-corrected chi connectivity index (χ1v) is 13.7. The van der Waals surface area contributed by atoms with Crippen LogP contribution >= 0.6 is 34.7 Å². The summed E-state index contributed by atoms with van der Waals surface area (Å²) in [6, 6.07) is 5.09. The highest BCUT2D eigenvalue weighted by Crippen LogP contribution is 2.48. The van der Waals surface area contributed by atoms with Crippen molar-refractivity contribution in [3.05, 3.63) is 45.9 Å². The van der Waals surface area contributed by atoms with Gasteiger partial charge >= 0.3 is 6.09 Å². The standard InChI is InChI=1S/C26H22ClFN4O3S2/c1-5-36-24-30-9-14-15-10-34-11-16(15)18(20(27)21(14)31-24)12-6-7-17(28)22-19(12)13(8-29)23(37-22)32-25(33)35-26(2,3)4/h6-7,9H,5,10-11H2,1-4H3,(H,32,33). The van der Waals surface area contributed by atoms with Gasteiger partial charge in [0.05, 0.1) is 34.0 Å². The molecular formula is C26H22ClFN4O3S2. The summed E-state index contributed by atoms with van der Waals surface area (Å²) in [6.45, 7) is 7.89. The fourth-order valence-electron chi connectivity index (χ4n) is 4.35. The van der Waals surface area contributed by atoms with Crippen molar-refractivity contribution in [2.24, 2.45) is 0 Å². The highest BCUT2D eigenvalue weighted by Gasteiger charge is 2.29. The van der Waals surface area contributed by atoms with Crippen molar-refractivity contribution >= 4 is 66.8 Å². The van der Waals surface area contributed by atoms with Crippen molar-refractivity contribution in [1.82, 2.24) is 9.97 Å². The molecule has 37 heavy (non-hydrogen) atoms. The van der Waals surface area contributed by atoms with Gasteiger partial charge < -0.3 is 9.47 Å². The summed E-state index contributed by atoms with van der Waals surface area (Å²) in [5, 5.41) is 15.1. The molecule has 1 N–H and O–H groups in total. The second-order valence-corrected chi connectivity index (χ2v) is 12.0. The molecule has 0 radical (unpaired) electrons. The molecular weight excluding hydrogens is 535 g/mol. The predicted molar refractivity (Wildman–Crippen MR) is 145 cm³/mol. The van der Waals surface area contributed by atoms with Crippen molar-refractivity contribution in [3.63, 3.8) is 0 Å². The van der Waals surface area contributed by atoms with Crippen LogP contribution in [0.4, 0.5) is 14.2 Å². The number of nitriles is 1. The van der Waals surface area contributed by atoms with Crippen molar-refractivity contribution in [1.29, 1.82) is 5.26 Å². The molecule has 2 aromatic heterocycles. The average Bonchev–Trinajstić information content (AvgIpc) is 3.45. The quantitative estimate of drug-likeness (QED) is 0.203. The smallest absolute Gasteiger partial charge is 0.412 e. The van der Waals surface area contributed by atoms with Gasteiger partial charge in [0.1, 0.15) is 22.5 Å². The number of hydrogen-bond donors (Lipinski definition) is 1. The molecule has 2 aromatic carbocycles. The SMILES string of the molecule is CCSc1ncc2c3c(c(-c4ccc(F)c5sc(NC(=O)OC(C)(C)C)c(C#N)c45)c(Cl)c2n1)COC3. The van der Waals surface area contributed by atoms with Crippen LogP contribution < -0.4 is 5.32 Å². The van der Waals surface area contributed by atoms with E-state index in [9.17, 15) is 10.1 Å². The number of thioether (sulfide) groups is 1. The van der Waals surface area contributed by atoms with E-state index in [4.69, 9.17) is 26.1 Å². The molecule has 1 aliphatic heterocycles. The van der Waals surface area contributed by atoms with E-state index >= 15 is 4.39 Å². The topological polar surface area (TPSA) is 97.1 Å². The van der Waals surface area contributed by atoms with Gasteiger partial charge in [0.25, 0.3) is 0 Å². The Bertz CT molecular complexity index is 1630. The molecule has 7 nitrogen and oxygen atoms in total. The lowest BCUT2D eigenvalue weighted by Gasteiger charge is -2.19. The molecule has 0 fully saturated rings. The number of nitrogens with one attached hydrogen (secondary N) is 1. The maximum atomic E-state index is 15.1. The van der Waals surface area contributed by atoms with Crippen molar-refractivity contribution in [2.45, 2.75) is 51.7 Å². The third-order valence-electron chi connectivity index (χ3n) is 5.74. The van der Waals surface area contributed by atoms with Crippen LogP contribution in [-0.4, -0.2) is 27.4 Å². The second kappa shape index (κ2) is 9.72. The number of ether oxygens (including phenoxy) is 2. The first kappa shape index (κ1) is 25.7. The number of rotatable bonds is 4. The number of halogens is 2. The predicted octanol–water partition coefficient (Wildman–Crippen LogP) is 7.66. The molecule has 5 rings (SSSR count). The van der Waals surface area contributed by atoms with E-state index < -0.39 is 17.5 Å². The van der Waals surface area contributed by atoms with E-state index in [1.165, 1.54) is 17.8 Å². The molecule has 0 saturated heterocycles. The summed E-state index contributed by atoms with van der Waals surface area (Å²) >= 11 is 9.49. The number of benzene rings is 2. The summed E-state index contributed by atoms with van der Waals surface area (Å²) in [7, 11) is 0. The molecule has 11 heteroatoms. The number of amides is 1. The van der Waals surface area contributed by atoms with Gasteiger partial charge in [0.15, 0.2) is 5.16 Å². The Morgan fingerprint density at radius 3 is 2.81 bits per heavy atom. The molecule has 0 spiro atoms. The largest absolute Gasteiger partial charge is 0.444 e. The van der Waals surface area contributed by atoms with E-state index in [0.29, 0.717) is 45.4 Å². The van der Waals surface area contributed by atoms with Gasteiger partial charge in [-0.25, -0.2) is 19.2 Å². The molecule has 1 aliphatic rings. The van der Waals surface area contributed by atoms with Gasteiger partial charge in [-0.05, 0) is 49.3 Å². The highest BCUT2D eigenvalue weighted by atomic mass is 35.5.